The Balaban J connectivity index is 2.63. The van der Waals surface area contributed by atoms with Gasteiger partial charge in [0.1, 0.15) is 13.1 Å². The van der Waals surface area contributed by atoms with Crippen LogP contribution >= 0.6 is 0 Å². The van der Waals surface area contributed by atoms with E-state index < -0.39 is 0 Å². The number of carbonyl (C=O) groups excluding carboxylic acids is 1. The predicted octanol–water partition coefficient (Wildman–Crippen LogP) is -1.13. The smallest absolute Gasteiger partial charge is 0.370 e. The number of nitrogens with two attached hydrogens (primary N) is 2. The first kappa shape index (κ1) is 9.44. The van der Waals surface area contributed by atoms with Crippen molar-refractivity contribution in [3.05, 3.63) is 0 Å². The highest BCUT2D eigenvalue weighted by Gasteiger charge is 2.35. The molecular weight excluding hydrogens is 158 g/mol. The van der Waals surface area contributed by atoms with Crippen LogP contribution in [-0.4, -0.2) is 49.9 Å². The van der Waals surface area contributed by atoms with Gasteiger partial charge in [-0.2, -0.15) is 0 Å². The quantitative estimate of drug-likeness (QED) is 0.520. The molecule has 70 valence electrons. The Morgan fingerprint density at radius 2 is 2.00 bits per heavy atom. The molecule has 4 N–H and O–H groups in total. The lowest BCUT2D eigenvalue weighted by Gasteiger charge is -2.36. The number of quaternary nitrogens is 1. The summed E-state index contributed by atoms with van der Waals surface area (Å²) < 4.78 is 5.45. The zero-order valence-corrected chi connectivity index (χ0v) is 7.16. The number of hydrogen-bond acceptors (Lipinski definition) is 3. The van der Waals surface area contributed by atoms with Gasteiger partial charge in [0.25, 0.3) is 0 Å². The molecule has 0 bridgehead atoms. The highest BCUT2D eigenvalue weighted by Crippen LogP contribution is 2.09. The van der Waals surface area contributed by atoms with E-state index in [2.05, 4.69) is 0 Å². The Hall–Kier alpha value is -0.650. The van der Waals surface area contributed by atoms with Gasteiger partial charge in [-0.3, -0.25) is 0 Å². The maximum atomic E-state index is 11.1. The minimum absolute atomic E-state index is 0.288. The minimum Gasteiger partial charge on any atom is -0.370 e. The normalized spacial score (nSPS) is 22.1. The van der Waals surface area contributed by atoms with E-state index in [9.17, 15) is 4.79 Å². The second kappa shape index (κ2) is 3.84. The molecule has 0 unspecified atom stereocenters. The number of carbonyl (C=O) groups is 1. The van der Waals surface area contributed by atoms with Gasteiger partial charge >= 0.3 is 6.03 Å². The Morgan fingerprint density at radius 3 is 2.42 bits per heavy atom. The van der Waals surface area contributed by atoms with Crippen LogP contribution < -0.4 is 11.5 Å². The third-order valence-electron chi connectivity index (χ3n) is 2.35. The van der Waals surface area contributed by atoms with Gasteiger partial charge in [-0.25, -0.2) is 9.28 Å². The van der Waals surface area contributed by atoms with Crippen LogP contribution in [0, 0.1) is 0 Å². The molecule has 2 amide bonds. The summed E-state index contributed by atoms with van der Waals surface area (Å²) in [5, 5.41) is 0. The van der Waals surface area contributed by atoms with E-state index in [0.717, 1.165) is 0 Å². The number of nitrogens with zero attached hydrogens (tertiary/aromatic N) is 1. The lowest BCUT2D eigenvalue weighted by molar-refractivity contribution is -0.856. The Morgan fingerprint density at radius 1 is 1.42 bits per heavy atom. The van der Waals surface area contributed by atoms with Crippen molar-refractivity contribution in [3.63, 3.8) is 0 Å². The average molecular weight is 174 g/mol. The first-order chi connectivity index (χ1) is 5.71. The molecule has 0 aliphatic carbocycles. The molecule has 1 fully saturated rings. The number of morpholine rings is 1. The van der Waals surface area contributed by atoms with Crippen LogP contribution in [0.3, 0.4) is 0 Å². The number of ether oxygens (including phenoxy) is 1. The Bertz CT molecular complexity index is 161. The fourth-order valence-corrected chi connectivity index (χ4v) is 1.49. The van der Waals surface area contributed by atoms with E-state index in [1.807, 2.05) is 0 Å². The third kappa shape index (κ3) is 1.74. The van der Waals surface area contributed by atoms with Crippen LogP contribution in [0.1, 0.15) is 0 Å². The molecule has 0 aromatic rings. The van der Waals surface area contributed by atoms with Gasteiger partial charge in [0.2, 0.25) is 0 Å². The molecule has 1 rings (SSSR count). The minimum atomic E-state index is -0.288. The molecule has 0 spiro atoms. The second-order valence-corrected chi connectivity index (χ2v) is 3.06. The summed E-state index contributed by atoms with van der Waals surface area (Å²) in [6, 6.07) is -0.288. The van der Waals surface area contributed by atoms with Gasteiger partial charge in [0.05, 0.1) is 19.8 Å². The van der Waals surface area contributed by atoms with Gasteiger partial charge in [-0.05, 0) is 0 Å². The van der Waals surface area contributed by atoms with Crippen LogP contribution in [0.4, 0.5) is 4.79 Å². The molecular formula is C7H16N3O2+. The molecule has 0 aromatic heterocycles. The van der Waals surface area contributed by atoms with Crippen molar-refractivity contribution in [2.45, 2.75) is 0 Å². The second-order valence-electron chi connectivity index (χ2n) is 3.06. The van der Waals surface area contributed by atoms with Crippen molar-refractivity contribution in [1.29, 1.82) is 0 Å². The van der Waals surface area contributed by atoms with Gasteiger partial charge in [-0.15, -0.1) is 0 Å². The van der Waals surface area contributed by atoms with Crippen LogP contribution in [-0.2, 0) is 4.74 Å². The molecule has 5 nitrogen and oxygen atoms in total. The number of urea groups is 1. The summed E-state index contributed by atoms with van der Waals surface area (Å²) >= 11 is 0. The largest absolute Gasteiger partial charge is 0.414 e. The van der Waals surface area contributed by atoms with E-state index in [1.54, 1.807) is 0 Å². The van der Waals surface area contributed by atoms with Crippen LogP contribution in [0.5, 0.6) is 0 Å². The number of hydrogen-bond donors (Lipinski definition) is 2. The van der Waals surface area contributed by atoms with E-state index >= 15 is 0 Å². The van der Waals surface area contributed by atoms with E-state index in [0.29, 0.717) is 39.4 Å². The van der Waals surface area contributed by atoms with Crippen molar-refractivity contribution < 1.29 is 14.0 Å². The molecule has 0 atom stereocenters. The van der Waals surface area contributed by atoms with E-state index in [-0.39, 0.29) is 10.5 Å². The maximum Gasteiger partial charge on any atom is 0.414 e. The highest BCUT2D eigenvalue weighted by atomic mass is 16.5. The fraction of sp³-hybridized carbons (Fsp3) is 0.857. The standard InChI is InChI=1S/C7H15N3O2/c8-1-2-10(7(9)11)3-5-12-6-4-10/h1-6,8H2,(H-,9,11)/p+1. The van der Waals surface area contributed by atoms with Crippen LogP contribution in [0.2, 0.25) is 0 Å². The molecule has 0 saturated carbocycles. The lowest BCUT2D eigenvalue weighted by Crippen LogP contribution is -2.62. The van der Waals surface area contributed by atoms with Gasteiger partial charge in [-0.1, -0.05) is 0 Å². The van der Waals surface area contributed by atoms with Crippen molar-refractivity contribution in [2.24, 2.45) is 11.5 Å². The summed E-state index contributed by atoms with van der Waals surface area (Å²) in [6.45, 7) is 3.63. The molecule has 1 saturated heterocycles. The van der Waals surface area contributed by atoms with Gasteiger partial charge in [0, 0.05) is 6.54 Å². The van der Waals surface area contributed by atoms with Crippen molar-refractivity contribution in [2.75, 3.05) is 39.4 Å². The third-order valence-corrected chi connectivity index (χ3v) is 2.35. The molecule has 0 radical (unpaired) electrons. The first-order valence-electron chi connectivity index (χ1n) is 4.15. The summed E-state index contributed by atoms with van der Waals surface area (Å²) in [7, 11) is 0. The summed E-state index contributed by atoms with van der Waals surface area (Å²) in [5.74, 6) is 0. The van der Waals surface area contributed by atoms with Crippen molar-refractivity contribution in [3.8, 4) is 0 Å². The zero-order valence-electron chi connectivity index (χ0n) is 7.16. The fourth-order valence-electron chi connectivity index (χ4n) is 1.49. The van der Waals surface area contributed by atoms with Gasteiger partial charge in [0.15, 0.2) is 0 Å². The van der Waals surface area contributed by atoms with Crippen LogP contribution in [0.15, 0.2) is 0 Å². The topological polar surface area (TPSA) is 78.3 Å². The Labute approximate surface area is 71.8 Å². The summed E-state index contributed by atoms with van der Waals surface area (Å²) in [5.41, 5.74) is 10.7. The average Bonchev–Trinajstić information content (AvgIpc) is 2.06. The summed E-state index contributed by atoms with van der Waals surface area (Å²) in [6.07, 6.45) is 0. The molecule has 5 heteroatoms. The predicted molar refractivity (Wildman–Crippen MR) is 44.3 cm³/mol. The number of primary amides is 1. The number of amides is 2. The first-order valence-corrected chi connectivity index (χ1v) is 4.15. The lowest BCUT2D eigenvalue weighted by atomic mass is 10.3. The molecule has 0 aromatic carbocycles. The number of rotatable bonds is 2. The van der Waals surface area contributed by atoms with E-state index in [4.69, 9.17) is 16.2 Å². The SMILES string of the molecule is NCC[N+]1(C(N)=O)CCOCC1. The summed E-state index contributed by atoms with van der Waals surface area (Å²) in [4.78, 5) is 11.1. The molecule has 12 heavy (non-hydrogen) atoms. The van der Waals surface area contributed by atoms with Crippen LogP contribution in [0.25, 0.3) is 0 Å². The monoisotopic (exact) mass is 174 g/mol. The van der Waals surface area contributed by atoms with Gasteiger partial charge < -0.3 is 16.2 Å². The highest BCUT2D eigenvalue weighted by molar-refractivity contribution is 5.64. The van der Waals surface area contributed by atoms with Crippen molar-refractivity contribution >= 4 is 6.03 Å². The zero-order chi connectivity index (χ0) is 9.03. The molecule has 1 aliphatic rings. The maximum absolute atomic E-state index is 11.1. The van der Waals surface area contributed by atoms with Crippen molar-refractivity contribution in [1.82, 2.24) is 0 Å². The molecule has 1 heterocycles. The van der Waals surface area contributed by atoms with E-state index in [1.165, 1.54) is 0 Å². The molecule has 1 aliphatic heterocycles. The Kier molecular flexibility index (Phi) is 3.02.